The average Bonchev–Trinajstić information content (AvgIpc) is 3.34. The van der Waals surface area contributed by atoms with Crippen LogP contribution in [0.3, 0.4) is 0 Å². The summed E-state index contributed by atoms with van der Waals surface area (Å²) in [4.78, 5) is 35.2. The Kier molecular flexibility index (Phi) is 4.60. The largest absolute Gasteiger partial charge is 0.348 e. The van der Waals surface area contributed by atoms with Gasteiger partial charge in [-0.2, -0.15) is 0 Å². The molecule has 4 rings (SSSR count). The SMILES string of the molecule is O=C(Nc1ccc(N2CCCC2=O)cc1)N1CCC(c2cnc[nH]2)CC1. The Morgan fingerprint density at radius 2 is 1.92 bits per heavy atom. The number of benzene rings is 1. The van der Waals surface area contributed by atoms with E-state index in [0.29, 0.717) is 12.3 Å². The van der Waals surface area contributed by atoms with E-state index in [1.165, 1.54) is 0 Å². The van der Waals surface area contributed by atoms with Crippen LogP contribution in [0.15, 0.2) is 36.8 Å². The highest BCUT2D eigenvalue weighted by Crippen LogP contribution is 2.27. The number of aromatic nitrogens is 2. The Hall–Kier alpha value is -2.83. The minimum atomic E-state index is -0.0712. The fourth-order valence-electron chi connectivity index (χ4n) is 3.73. The van der Waals surface area contributed by atoms with E-state index in [-0.39, 0.29) is 11.9 Å². The van der Waals surface area contributed by atoms with Crippen molar-refractivity contribution in [3.63, 3.8) is 0 Å². The Morgan fingerprint density at radius 3 is 2.54 bits per heavy atom. The lowest BCUT2D eigenvalue weighted by atomic mass is 9.94. The molecule has 2 aromatic rings. The van der Waals surface area contributed by atoms with Gasteiger partial charge in [0.25, 0.3) is 0 Å². The molecule has 0 unspecified atom stereocenters. The molecule has 26 heavy (non-hydrogen) atoms. The van der Waals surface area contributed by atoms with E-state index >= 15 is 0 Å². The van der Waals surface area contributed by atoms with Gasteiger partial charge in [-0.25, -0.2) is 9.78 Å². The van der Waals surface area contributed by atoms with E-state index < -0.39 is 0 Å². The highest BCUT2D eigenvalue weighted by Gasteiger charge is 2.25. The maximum Gasteiger partial charge on any atom is 0.321 e. The number of urea groups is 1. The number of likely N-dealkylation sites (tertiary alicyclic amines) is 1. The van der Waals surface area contributed by atoms with Crippen LogP contribution in [0.1, 0.15) is 37.3 Å². The molecule has 3 amide bonds. The maximum absolute atomic E-state index is 12.5. The molecule has 2 aliphatic rings. The van der Waals surface area contributed by atoms with Crippen molar-refractivity contribution in [1.29, 1.82) is 0 Å². The van der Waals surface area contributed by atoms with Crippen LogP contribution in [-0.4, -0.2) is 46.4 Å². The Balaban J connectivity index is 1.31. The van der Waals surface area contributed by atoms with E-state index in [9.17, 15) is 9.59 Å². The van der Waals surface area contributed by atoms with Gasteiger partial charge in [-0.15, -0.1) is 0 Å². The third-order valence-corrected chi connectivity index (χ3v) is 5.25. The summed E-state index contributed by atoms with van der Waals surface area (Å²) in [6, 6.07) is 7.43. The third-order valence-electron chi connectivity index (χ3n) is 5.25. The number of amides is 3. The van der Waals surface area contributed by atoms with Gasteiger partial charge in [0.1, 0.15) is 0 Å². The van der Waals surface area contributed by atoms with Crippen LogP contribution >= 0.6 is 0 Å². The number of anilines is 2. The third kappa shape index (κ3) is 3.42. The summed E-state index contributed by atoms with van der Waals surface area (Å²) < 4.78 is 0. The summed E-state index contributed by atoms with van der Waals surface area (Å²) in [6.07, 6.45) is 6.97. The monoisotopic (exact) mass is 353 g/mol. The second-order valence-corrected chi connectivity index (χ2v) is 6.89. The van der Waals surface area contributed by atoms with Gasteiger partial charge in [-0.1, -0.05) is 0 Å². The summed E-state index contributed by atoms with van der Waals surface area (Å²) >= 11 is 0. The average molecular weight is 353 g/mol. The number of hydrogen-bond acceptors (Lipinski definition) is 3. The lowest BCUT2D eigenvalue weighted by Gasteiger charge is -2.31. The molecule has 3 heterocycles. The van der Waals surface area contributed by atoms with E-state index in [4.69, 9.17) is 0 Å². The summed E-state index contributed by atoms with van der Waals surface area (Å²) in [7, 11) is 0. The standard InChI is InChI=1S/C19H23N5O2/c25-18-2-1-9-24(18)16-5-3-15(4-6-16)22-19(26)23-10-7-14(8-11-23)17-12-20-13-21-17/h3-6,12-14H,1-2,7-11H2,(H,20,21)(H,22,26). The van der Waals surface area contributed by atoms with Crippen molar-refractivity contribution in [2.75, 3.05) is 29.9 Å². The van der Waals surface area contributed by atoms with Crippen LogP contribution in [0.4, 0.5) is 16.2 Å². The molecule has 1 aromatic heterocycles. The topological polar surface area (TPSA) is 81.3 Å². The number of piperidine rings is 1. The highest BCUT2D eigenvalue weighted by atomic mass is 16.2. The molecule has 7 heteroatoms. The molecule has 2 fully saturated rings. The first-order valence-electron chi connectivity index (χ1n) is 9.15. The van der Waals surface area contributed by atoms with Gasteiger partial charge >= 0.3 is 6.03 Å². The van der Waals surface area contributed by atoms with Gasteiger partial charge < -0.3 is 20.1 Å². The Morgan fingerprint density at radius 1 is 1.15 bits per heavy atom. The zero-order valence-electron chi connectivity index (χ0n) is 14.6. The van der Waals surface area contributed by atoms with Crippen molar-refractivity contribution in [2.45, 2.75) is 31.6 Å². The second kappa shape index (κ2) is 7.19. The normalized spacial score (nSPS) is 18.4. The molecule has 0 radical (unpaired) electrons. The molecule has 2 saturated heterocycles. The van der Waals surface area contributed by atoms with Crippen LogP contribution in [0, 0.1) is 0 Å². The number of H-pyrrole nitrogens is 1. The first-order chi connectivity index (χ1) is 12.7. The van der Waals surface area contributed by atoms with E-state index in [1.54, 1.807) is 11.2 Å². The van der Waals surface area contributed by atoms with E-state index in [0.717, 1.165) is 56.0 Å². The van der Waals surface area contributed by atoms with Crippen molar-refractivity contribution in [3.05, 3.63) is 42.5 Å². The number of carbonyl (C=O) groups is 2. The van der Waals surface area contributed by atoms with Gasteiger partial charge in [-0.3, -0.25) is 4.79 Å². The minimum absolute atomic E-state index is 0.0712. The number of nitrogens with one attached hydrogen (secondary N) is 2. The number of imidazole rings is 1. The highest BCUT2D eigenvalue weighted by molar-refractivity contribution is 5.96. The number of carbonyl (C=O) groups excluding carboxylic acids is 2. The lowest BCUT2D eigenvalue weighted by Crippen LogP contribution is -2.40. The summed E-state index contributed by atoms with van der Waals surface area (Å²) in [5.41, 5.74) is 2.80. The quantitative estimate of drug-likeness (QED) is 0.890. The number of hydrogen-bond donors (Lipinski definition) is 2. The summed E-state index contributed by atoms with van der Waals surface area (Å²) in [5.74, 6) is 0.612. The Bertz CT molecular complexity index is 764. The molecule has 0 spiro atoms. The van der Waals surface area contributed by atoms with Crippen molar-refractivity contribution in [2.24, 2.45) is 0 Å². The molecule has 1 aromatic carbocycles. The molecule has 136 valence electrons. The van der Waals surface area contributed by atoms with Gasteiger partial charge in [-0.05, 0) is 43.5 Å². The van der Waals surface area contributed by atoms with Gasteiger partial charge in [0.15, 0.2) is 0 Å². The van der Waals surface area contributed by atoms with Crippen LogP contribution in [0.25, 0.3) is 0 Å². The number of nitrogens with zero attached hydrogens (tertiary/aromatic N) is 3. The predicted molar refractivity (Wildman–Crippen MR) is 99.2 cm³/mol. The summed E-state index contributed by atoms with van der Waals surface area (Å²) in [6.45, 7) is 2.24. The predicted octanol–water partition coefficient (Wildman–Crippen LogP) is 2.95. The van der Waals surface area contributed by atoms with Gasteiger partial charge in [0.05, 0.1) is 6.33 Å². The Labute approximate surface area is 152 Å². The maximum atomic E-state index is 12.5. The van der Waals surface area contributed by atoms with Crippen molar-refractivity contribution in [1.82, 2.24) is 14.9 Å². The molecule has 2 aliphatic heterocycles. The van der Waals surface area contributed by atoms with Crippen LogP contribution in [0.5, 0.6) is 0 Å². The fourth-order valence-corrected chi connectivity index (χ4v) is 3.73. The van der Waals surface area contributed by atoms with E-state index in [2.05, 4.69) is 15.3 Å². The molecule has 0 atom stereocenters. The molecule has 0 aliphatic carbocycles. The first-order valence-corrected chi connectivity index (χ1v) is 9.15. The molecule has 2 N–H and O–H groups in total. The first kappa shape index (κ1) is 16.6. The molecule has 7 nitrogen and oxygen atoms in total. The van der Waals surface area contributed by atoms with Crippen LogP contribution in [0.2, 0.25) is 0 Å². The van der Waals surface area contributed by atoms with Gasteiger partial charge in [0.2, 0.25) is 5.91 Å². The second-order valence-electron chi connectivity index (χ2n) is 6.89. The van der Waals surface area contributed by atoms with Crippen molar-refractivity contribution in [3.8, 4) is 0 Å². The lowest BCUT2D eigenvalue weighted by molar-refractivity contribution is -0.117. The smallest absolute Gasteiger partial charge is 0.321 e. The zero-order chi connectivity index (χ0) is 17.9. The minimum Gasteiger partial charge on any atom is -0.348 e. The van der Waals surface area contributed by atoms with Crippen molar-refractivity contribution < 1.29 is 9.59 Å². The molecule has 0 bridgehead atoms. The fraction of sp³-hybridized carbons (Fsp3) is 0.421. The zero-order valence-corrected chi connectivity index (χ0v) is 14.6. The summed E-state index contributed by atoms with van der Waals surface area (Å²) in [5, 5.41) is 2.95. The molecular formula is C19H23N5O2. The van der Waals surface area contributed by atoms with Gasteiger partial charge in [0, 0.05) is 55.2 Å². The van der Waals surface area contributed by atoms with Crippen molar-refractivity contribution >= 4 is 23.3 Å². The van der Waals surface area contributed by atoms with Crippen LogP contribution in [-0.2, 0) is 4.79 Å². The molecule has 0 saturated carbocycles. The number of aromatic amines is 1. The molecular weight excluding hydrogens is 330 g/mol. The van der Waals surface area contributed by atoms with Crippen LogP contribution < -0.4 is 10.2 Å². The van der Waals surface area contributed by atoms with E-state index in [1.807, 2.05) is 35.4 Å². The number of rotatable bonds is 3.